The van der Waals surface area contributed by atoms with Gasteiger partial charge in [-0.1, -0.05) is 23.4 Å². The fourth-order valence-electron chi connectivity index (χ4n) is 2.39. The number of nitriles is 1. The average molecular weight is 451 g/mol. The molecule has 0 atom stereocenters. The van der Waals surface area contributed by atoms with Gasteiger partial charge in [0, 0.05) is 10.6 Å². The number of carbonyl (C=O) groups excluding carboxylic acids is 1. The van der Waals surface area contributed by atoms with Crippen LogP contribution in [-0.4, -0.2) is 33.1 Å². The van der Waals surface area contributed by atoms with Gasteiger partial charge in [0.1, 0.15) is 11.8 Å². The molecule has 154 valence electrons. The lowest BCUT2D eigenvalue weighted by Gasteiger charge is -2.08. The first-order valence-electron chi connectivity index (χ1n) is 8.25. The summed E-state index contributed by atoms with van der Waals surface area (Å²) in [6, 6.07) is 12.2. The van der Waals surface area contributed by atoms with Gasteiger partial charge in [-0.25, -0.2) is 4.68 Å². The van der Waals surface area contributed by atoms with E-state index in [0.29, 0.717) is 16.3 Å². The maximum atomic E-state index is 12.2. The lowest BCUT2D eigenvalue weighted by Crippen LogP contribution is -2.17. The number of aromatic nitrogens is 3. The number of carbonyl (C=O) groups is 1. The van der Waals surface area contributed by atoms with Crippen molar-refractivity contribution in [2.24, 2.45) is 0 Å². The van der Waals surface area contributed by atoms with Crippen molar-refractivity contribution in [2.75, 3.05) is 16.9 Å². The number of anilines is 1. The fraction of sp³-hybridized carbons (Fsp3) is 0.111. The molecule has 0 aliphatic heterocycles. The second kappa shape index (κ2) is 9.43. The van der Waals surface area contributed by atoms with Crippen LogP contribution in [0.2, 0.25) is 5.02 Å². The van der Waals surface area contributed by atoms with Crippen LogP contribution >= 0.6 is 23.4 Å². The molecule has 0 unspecified atom stereocenters. The molecule has 3 aromatic rings. The number of benzene rings is 2. The van der Waals surface area contributed by atoms with Crippen molar-refractivity contribution in [1.82, 2.24) is 14.9 Å². The number of alkyl halides is 2. The third-order valence-electron chi connectivity index (χ3n) is 3.71. The van der Waals surface area contributed by atoms with Gasteiger partial charge in [0.25, 0.3) is 0 Å². The van der Waals surface area contributed by atoms with Crippen LogP contribution in [0.15, 0.2) is 47.6 Å². The molecule has 3 rings (SSSR count). The van der Waals surface area contributed by atoms with Crippen LogP contribution in [0.3, 0.4) is 0 Å². The van der Waals surface area contributed by atoms with Crippen molar-refractivity contribution in [3.05, 3.63) is 53.1 Å². The van der Waals surface area contributed by atoms with Gasteiger partial charge in [-0.15, -0.1) is 10.2 Å². The molecule has 30 heavy (non-hydrogen) atoms. The lowest BCUT2D eigenvalue weighted by atomic mass is 10.2. The summed E-state index contributed by atoms with van der Waals surface area (Å²) in [5, 5.41) is 20.3. The van der Waals surface area contributed by atoms with Gasteiger partial charge in [-0.2, -0.15) is 14.0 Å². The molecule has 0 spiro atoms. The zero-order valence-electron chi connectivity index (χ0n) is 15.1. The third-order valence-corrected chi connectivity index (χ3v) is 4.89. The van der Waals surface area contributed by atoms with Gasteiger partial charge in [-0.05, 0) is 42.5 Å². The van der Waals surface area contributed by atoms with Crippen molar-refractivity contribution in [3.8, 4) is 23.2 Å². The minimum absolute atomic E-state index is 0.000796. The monoisotopic (exact) mass is 450 g/mol. The van der Waals surface area contributed by atoms with Crippen LogP contribution in [0.1, 0.15) is 5.56 Å². The van der Waals surface area contributed by atoms with Crippen molar-refractivity contribution in [3.63, 3.8) is 0 Å². The van der Waals surface area contributed by atoms with Crippen LogP contribution in [-0.2, 0) is 4.79 Å². The number of hydrogen-bond acceptors (Lipinski definition) is 7. The van der Waals surface area contributed by atoms with Crippen LogP contribution in [0, 0.1) is 11.3 Å². The zero-order chi connectivity index (χ0) is 21.7. The van der Waals surface area contributed by atoms with E-state index in [1.54, 1.807) is 6.07 Å². The molecule has 0 bridgehead atoms. The predicted molar refractivity (Wildman–Crippen MR) is 108 cm³/mol. The predicted octanol–water partition coefficient (Wildman–Crippen LogP) is 3.52. The summed E-state index contributed by atoms with van der Waals surface area (Å²) >= 11 is 6.93. The standard InChI is InChI=1S/C18H13ClF2N6O2S/c19-12-4-1-11(8-22)14(7-12)24-15(28)9-30-18-26-25-16(27(18)23)10-2-5-13(6-3-10)29-17(20)21/h1-7,17H,9,23H2,(H,24,28). The molecule has 3 N–H and O–H groups in total. The number of hydrogen-bond donors (Lipinski definition) is 2. The van der Waals surface area contributed by atoms with Crippen molar-refractivity contribution in [1.29, 1.82) is 5.26 Å². The quantitative estimate of drug-likeness (QED) is 0.417. The SMILES string of the molecule is N#Cc1ccc(Cl)cc1NC(=O)CSc1nnc(-c2ccc(OC(F)F)cc2)n1N. The normalized spacial score (nSPS) is 10.6. The van der Waals surface area contributed by atoms with E-state index in [1.165, 1.54) is 41.1 Å². The Hall–Kier alpha value is -3.36. The summed E-state index contributed by atoms with van der Waals surface area (Å²) in [6.07, 6.45) is 0. The molecular weight excluding hydrogens is 438 g/mol. The van der Waals surface area contributed by atoms with Crippen LogP contribution in [0.4, 0.5) is 14.5 Å². The molecule has 0 radical (unpaired) electrons. The molecule has 0 saturated heterocycles. The largest absolute Gasteiger partial charge is 0.435 e. The fourth-order valence-corrected chi connectivity index (χ4v) is 3.22. The molecule has 0 saturated carbocycles. The number of amides is 1. The highest BCUT2D eigenvalue weighted by Gasteiger charge is 2.15. The van der Waals surface area contributed by atoms with E-state index in [0.717, 1.165) is 11.8 Å². The summed E-state index contributed by atoms with van der Waals surface area (Å²) in [7, 11) is 0. The average Bonchev–Trinajstić information content (AvgIpc) is 3.07. The molecule has 0 aliphatic carbocycles. The number of nitrogens with two attached hydrogens (primary N) is 1. The molecule has 2 aromatic carbocycles. The maximum absolute atomic E-state index is 12.2. The Labute approximate surface area is 178 Å². The number of nitrogens with zero attached hydrogens (tertiary/aromatic N) is 4. The number of rotatable bonds is 7. The van der Waals surface area contributed by atoms with E-state index < -0.39 is 12.5 Å². The van der Waals surface area contributed by atoms with Gasteiger partial charge in [0.15, 0.2) is 5.82 Å². The van der Waals surface area contributed by atoms with Crippen LogP contribution in [0.5, 0.6) is 5.75 Å². The van der Waals surface area contributed by atoms with Gasteiger partial charge < -0.3 is 15.9 Å². The highest BCUT2D eigenvalue weighted by molar-refractivity contribution is 7.99. The summed E-state index contributed by atoms with van der Waals surface area (Å²) in [5.74, 6) is 5.83. The first-order chi connectivity index (χ1) is 14.4. The number of thioether (sulfide) groups is 1. The molecule has 1 heterocycles. The molecule has 0 aliphatic rings. The number of halogens is 3. The maximum Gasteiger partial charge on any atom is 0.387 e. The van der Waals surface area contributed by atoms with E-state index in [4.69, 9.17) is 22.7 Å². The Bertz CT molecular complexity index is 1100. The minimum atomic E-state index is -2.92. The highest BCUT2D eigenvalue weighted by atomic mass is 35.5. The van der Waals surface area contributed by atoms with Crippen molar-refractivity contribution >= 4 is 35.0 Å². The Morgan fingerprint density at radius 2 is 2.03 bits per heavy atom. The van der Waals surface area contributed by atoms with E-state index in [2.05, 4.69) is 20.3 Å². The molecule has 8 nitrogen and oxygen atoms in total. The number of nitrogen functional groups attached to an aromatic ring is 1. The second-order valence-electron chi connectivity index (χ2n) is 5.72. The molecule has 1 aromatic heterocycles. The van der Waals surface area contributed by atoms with Crippen LogP contribution in [0.25, 0.3) is 11.4 Å². The Balaban J connectivity index is 1.65. The lowest BCUT2D eigenvalue weighted by molar-refractivity contribution is -0.113. The second-order valence-corrected chi connectivity index (χ2v) is 7.10. The summed E-state index contributed by atoms with van der Waals surface area (Å²) in [4.78, 5) is 12.2. The van der Waals surface area contributed by atoms with E-state index in [1.807, 2.05) is 6.07 Å². The molecule has 12 heteroatoms. The third kappa shape index (κ3) is 5.16. The van der Waals surface area contributed by atoms with Gasteiger partial charge in [0.2, 0.25) is 11.1 Å². The van der Waals surface area contributed by atoms with Gasteiger partial charge in [-0.3, -0.25) is 4.79 Å². The first kappa shape index (κ1) is 21.4. The van der Waals surface area contributed by atoms with E-state index >= 15 is 0 Å². The Morgan fingerprint density at radius 3 is 2.70 bits per heavy atom. The Kier molecular flexibility index (Phi) is 6.71. The highest BCUT2D eigenvalue weighted by Crippen LogP contribution is 2.25. The van der Waals surface area contributed by atoms with Crippen molar-refractivity contribution in [2.45, 2.75) is 11.8 Å². The minimum Gasteiger partial charge on any atom is -0.435 e. The van der Waals surface area contributed by atoms with Gasteiger partial charge in [0.05, 0.1) is 17.0 Å². The van der Waals surface area contributed by atoms with E-state index in [9.17, 15) is 13.6 Å². The molecule has 0 fully saturated rings. The number of ether oxygens (including phenoxy) is 1. The number of nitrogens with one attached hydrogen (secondary N) is 1. The van der Waals surface area contributed by atoms with Gasteiger partial charge >= 0.3 is 6.61 Å². The Morgan fingerprint density at radius 1 is 1.30 bits per heavy atom. The summed E-state index contributed by atoms with van der Waals surface area (Å²) in [6.45, 7) is -2.92. The molecular formula is C18H13ClF2N6O2S. The molecule has 1 amide bonds. The summed E-state index contributed by atoms with van der Waals surface area (Å²) < 4.78 is 29.9. The van der Waals surface area contributed by atoms with Crippen molar-refractivity contribution < 1.29 is 18.3 Å². The van der Waals surface area contributed by atoms with E-state index in [-0.39, 0.29) is 28.0 Å². The topological polar surface area (TPSA) is 119 Å². The van der Waals surface area contributed by atoms with Crippen LogP contribution < -0.4 is 15.9 Å². The smallest absolute Gasteiger partial charge is 0.387 e. The first-order valence-corrected chi connectivity index (χ1v) is 9.61. The summed E-state index contributed by atoms with van der Waals surface area (Å²) in [5.41, 5.74) is 1.11. The zero-order valence-corrected chi connectivity index (χ0v) is 16.6.